The Labute approximate surface area is 177 Å². The molecule has 0 radical (unpaired) electrons. The molecule has 0 bridgehead atoms. The van der Waals surface area contributed by atoms with E-state index in [9.17, 15) is 9.59 Å². The van der Waals surface area contributed by atoms with Gasteiger partial charge in [0.05, 0.1) is 5.69 Å². The zero-order valence-electron chi connectivity index (χ0n) is 14.4. The first-order valence-electron chi connectivity index (χ1n) is 8.41. The lowest BCUT2D eigenvalue weighted by atomic mass is 10.1. The quantitative estimate of drug-likeness (QED) is 0.329. The van der Waals surface area contributed by atoms with Gasteiger partial charge in [0.25, 0.3) is 5.91 Å². The number of ketones is 1. The van der Waals surface area contributed by atoms with Crippen molar-refractivity contribution in [2.75, 3.05) is 5.32 Å². The highest BCUT2D eigenvalue weighted by atomic mass is 79.9. The predicted molar refractivity (Wildman–Crippen MR) is 116 cm³/mol. The minimum atomic E-state index is -0.316. The molecular weight excluding hydrogens is 486 g/mol. The van der Waals surface area contributed by atoms with Crippen molar-refractivity contribution < 1.29 is 14.0 Å². The van der Waals surface area contributed by atoms with Crippen LogP contribution in [0.4, 0.5) is 5.69 Å². The largest absolute Gasteiger partial charge is 0.450 e. The number of hydrogen-bond donors (Lipinski definition) is 1. The molecule has 0 atom stereocenters. The molecule has 0 aliphatic heterocycles. The second-order valence-electron chi connectivity index (χ2n) is 6.10. The molecule has 4 aromatic rings. The van der Waals surface area contributed by atoms with Crippen LogP contribution in [0, 0.1) is 0 Å². The Hall–Kier alpha value is -2.70. The van der Waals surface area contributed by atoms with E-state index in [1.54, 1.807) is 54.6 Å². The average molecular weight is 499 g/mol. The van der Waals surface area contributed by atoms with Crippen LogP contribution in [-0.2, 0) is 0 Å². The van der Waals surface area contributed by atoms with E-state index < -0.39 is 0 Å². The van der Waals surface area contributed by atoms with Crippen LogP contribution < -0.4 is 5.32 Å². The highest BCUT2D eigenvalue weighted by molar-refractivity contribution is 9.10. The molecular formula is C22H13Br2NO3. The molecule has 1 aromatic heterocycles. The van der Waals surface area contributed by atoms with Gasteiger partial charge >= 0.3 is 0 Å². The molecule has 0 aliphatic carbocycles. The molecule has 138 valence electrons. The number of anilines is 1. The van der Waals surface area contributed by atoms with Crippen molar-refractivity contribution in [1.82, 2.24) is 0 Å². The van der Waals surface area contributed by atoms with Crippen molar-refractivity contribution in [3.8, 4) is 0 Å². The van der Waals surface area contributed by atoms with Crippen LogP contribution in [0.25, 0.3) is 11.0 Å². The first-order chi connectivity index (χ1) is 13.5. The molecule has 4 rings (SSSR count). The van der Waals surface area contributed by atoms with Crippen LogP contribution in [0.3, 0.4) is 0 Å². The lowest BCUT2D eigenvalue weighted by Gasteiger charge is -2.06. The Morgan fingerprint density at radius 3 is 1.96 bits per heavy atom. The Balaban J connectivity index is 1.77. The number of rotatable bonds is 4. The summed E-state index contributed by atoms with van der Waals surface area (Å²) in [6.07, 6.45) is 0. The third kappa shape index (κ3) is 3.66. The summed E-state index contributed by atoms with van der Waals surface area (Å²) in [6.45, 7) is 0. The van der Waals surface area contributed by atoms with Crippen LogP contribution in [0.15, 0.2) is 86.2 Å². The molecule has 1 amide bonds. The molecule has 0 aliphatic rings. The molecule has 1 heterocycles. The average Bonchev–Trinajstić information content (AvgIpc) is 3.07. The standard InChI is InChI=1S/C22H13Br2NO3/c23-15-9-5-13(6-10-15)20(26)21-19(17-3-1-2-4-18(17)28-21)25-22(27)14-7-11-16(24)12-8-14/h1-12H,(H,25,27). The third-order valence-electron chi connectivity index (χ3n) is 4.25. The minimum absolute atomic E-state index is 0.106. The van der Waals surface area contributed by atoms with Gasteiger partial charge in [-0.25, -0.2) is 0 Å². The van der Waals surface area contributed by atoms with Gasteiger partial charge in [0, 0.05) is 25.5 Å². The monoisotopic (exact) mass is 497 g/mol. The molecule has 3 aromatic carbocycles. The maximum Gasteiger partial charge on any atom is 0.255 e. The Kier molecular flexibility index (Phi) is 5.15. The normalized spacial score (nSPS) is 10.8. The summed E-state index contributed by atoms with van der Waals surface area (Å²) < 4.78 is 7.57. The molecule has 0 fully saturated rings. The minimum Gasteiger partial charge on any atom is -0.450 e. The van der Waals surface area contributed by atoms with Crippen molar-refractivity contribution in [2.24, 2.45) is 0 Å². The fourth-order valence-corrected chi connectivity index (χ4v) is 3.38. The maximum absolute atomic E-state index is 13.0. The number of hydrogen-bond acceptors (Lipinski definition) is 3. The lowest BCUT2D eigenvalue weighted by Crippen LogP contribution is -2.14. The van der Waals surface area contributed by atoms with E-state index in [0.29, 0.717) is 27.8 Å². The molecule has 0 spiro atoms. The van der Waals surface area contributed by atoms with Crippen LogP contribution in [-0.4, -0.2) is 11.7 Å². The van der Waals surface area contributed by atoms with Gasteiger partial charge in [-0.2, -0.15) is 0 Å². The van der Waals surface area contributed by atoms with Crippen LogP contribution in [0.2, 0.25) is 0 Å². The first kappa shape index (κ1) is 18.7. The van der Waals surface area contributed by atoms with Crippen LogP contribution >= 0.6 is 31.9 Å². The van der Waals surface area contributed by atoms with E-state index in [1.165, 1.54) is 0 Å². The van der Waals surface area contributed by atoms with E-state index in [2.05, 4.69) is 37.2 Å². The predicted octanol–water partition coefficient (Wildman–Crippen LogP) is 6.44. The lowest BCUT2D eigenvalue weighted by molar-refractivity contribution is 0.101. The van der Waals surface area contributed by atoms with Gasteiger partial charge in [-0.05, 0) is 60.7 Å². The van der Waals surface area contributed by atoms with Crippen molar-refractivity contribution in [2.45, 2.75) is 0 Å². The molecule has 0 unspecified atom stereocenters. The van der Waals surface area contributed by atoms with Crippen molar-refractivity contribution in [3.63, 3.8) is 0 Å². The first-order valence-corrected chi connectivity index (χ1v) is 10.0. The topological polar surface area (TPSA) is 59.3 Å². The molecule has 0 saturated heterocycles. The van der Waals surface area contributed by atoms with Crippen molar-refractivity contribution >= 4 is 60.2 Å². The van der Waals surface area contributed by atoms with Gasteiger partial charge < -0.3 is 9.73 Å². The molecule has 4 nitrogen and oxygen atoms in total. The summed E-state index contributed by atoms with van der Waals surface area (Å²) in [5, 5.41) is 3.53. The van der Waals surface area contributed by atoms with E-state index >= 15 is 0 Å². The molecule has 0 saturated carbocycles. The van der Waals surface area contributed by atoms with Crippen LogP contribution in [0.5, 0.6) is 0 Å². The number of para-hydroxylation sites is 1. The van der Waals surface area contributed by atoms with E-state index in [-0.39, 0.29) is 17.5 Å². The summed E-state index contributed by atoms with van der Waals surface area (Å²) in [6, 6.07) is 21.2. The number of carbonyl (C=O) groups excluding carboxylic acids is 2. The van der Waals surface area contributed by atoms with Gasteiger partial charge in [-0.15, -0.1) is 0 Å². The summed E-state index contributed by atoms with van der Waals surface area (Å²) >= 11 is 6.72. The van der Waals surface area contributed by atoms with Crippen molar-refractivity contribution in [3.05, 3.63) is 98.6 Å². The number of halogens is 2. The third-order valence-corrected chi connectivity index (χ3v) is 5.31. The van der Waals surface area contributed by atoms with Gasteiger partial charge in [-0.1, -0.05) is 44.0 Å². The van der Waals surface area contributed by atoms with E-state index in [0.717, 1.165) is 8.95 Å². The summed E-state index contributed by atoms with van der Waals surface area (Å²) in [4.78, 5) is 25.8. The van der Waals surface area contributed by atoms with Gasteiger partial charge in [-0.3, -0.25) is 9.59 Å². The maximum atomic E-state index is 13.0. The highest BCUT2D eigenvalue weighted by Gasteiger charge is 2.23. The number of benzene rings is 3. The smallest absolute Gasteiger partial charge is 0.255 e. The number of nitrogens with one attached hydrogen (secondary N) is 1. The van der Waals surface area contributed by atoms with Gasteiger partial charge in [0.2, 0.25) is 5.78 Å². The Morgan fingerprint density at radius 1 is 0.750 bits per heavy atom. The fourth-order valence-electron chi connectivity index (χ4n) is 2.85. The molecule has 1 N–H and O–H groups in total. The van der Waals surface area contributed by atoms with Gasteiger partial charge in [0.1, 0.15) is 5.58 Å². The zero-order valence-corrected chi connectivity index (χ0v) is 17.6. The Morgan fingerprint density at radius 2 is 1.32 bits per heavy atom. The second-order valence-corrected chi connectivity index (χ2v) is 7.93. The number of amides is 1. The zero-order chi connectivity index (χ0) is 19.7. The number of furan rings is 1. The van der Waals surface area contributed by atoms with Crippen molar-refractivity contribution in [1.29, 1.82) is 0 Å². The second kappa shape index (κ2) is 7.73. The van der Waals surface area contributed by atoms with E-state index in [1.807, 2.05) is 18.2 Å². The number of carbonyl (C=O) groups is 2. The van der Waals surface area contributed by atoms with Crippen LogP contribution in [0.1, 0.15) is 26.5 Å². The number of fused-ring (bicyclic) bond motifs is 1. The summed E-state index contributed by atoms with van der Waals surface area (Å²) in [7, 11) is 0. The van der Waals surface area contributed by atoms with Gasteiger partial charge in [0.15, 0.2) is 5.76 Å². The van der Waals surface area contributed by atoms with E-state index in [4.69, 9.17) is 4.42 Å². The molecule has 28 heavy (non-hydrogen) atoms. The fraction of sp³-hybridized carbons (Fsp3) is 0. The summed E-state index contributed by atoms with van der Waals surface area (Å²) in [5.41, 5.74) is 1.86. The molecule has 6 heteroatoms. The Bertz CT molecular complexity index is 1180. The summed E-state index contributed by atoms with van der Waals surface area (Å²) in [5.74, 6) is -0.507. The SMILES string of the molecule is O=C(Nc1c(C(=O)c2ccc(Br)cc2)oc2ccccc12)c1ccc(Br)cc1. The highest BCUT2D eigenvalue weighted by Crippen LogP contribution is 2.33.